The second kappa shape index (κ2) is 14.2. The number of pyridine rings is 1. The van der Waals surface area contributed by atoms with Gasteiger partial charge in [-0.1, -0.05) is 96.5 Å². The van der Waals surface area contributed by atoms with Crippen molar-refractivity contribution in [2.45, 2.75) is 0 Å². The smallest absolute Gasteiger partial charge is 0.500 e. The third kappa shape index (κ3) is 6.20. The Morgan fingerprint density at radius 3 is 2.13 bits per heavy atom. The fraction of sp³-hybridized carbons (Fsp3) is 0. The van der Waals surface area contributed by atoms with Gasteiger partial charge in [0.1, 0.15) is 5.82 Å². The summed E-state index contributed by atoms with van der Waals surface area (Å²) in [6.45, 7) is 0. The molecule has 6 nitrogen and oxygen atoms in total. The molecule has 0 atom stereocenters. The predicted octanol–water partition coefficient (Wildman–Crippen LogP) is 10.8. The van der Waals surface area contributed by atoms with Crippen LogP contribution in [0.5, 0.6) is 11.5 Å². The van der Waals surface area contributed by atoms with Crippen LogP contribution in [0.15, 0.2) is 158 Å². The van der Waals surface area contributed by atoms with Gasteiger partial charge < -0.3 is 13.9 Å². The van der Waals surface area contributed by atoms with Crippen LogP contribution in [0.2, 0.25) is 0 Å². The van der Waals surface area contributed by atoms with Gasteiger partial charge in [-0.2, -0.15) is 11.3 Å². The van der Waals surface area contributed by atoms with Crippen LogP contribution in [0.4, 0.5) is 4.39 Å². The molecule has 0 saturated heterocycles. The number of halogens is 1. The number of ether oxygens (including phenoxy) is 1. The Kier molecular flexibility index (Phi) is 8.98. The molecule has 0 radical (unpaired) electrons. The van der Waals surface area contributed by atoms with E-state index in [4.69, 9.17) is 9.72 Å². The summed E-state index contributed by atoms with van der Waals surface area (Å²) in [6, 6.07) is 53.3. The summed E-state index contributed by atoms with van der Waals surface area (Å²) in [4.78, 5) is 9.32. The third-order valence-electron chi connectivity index (χ3n) is 9.05. The second-order valence-electron chi connectivity index (χ2n) is 12.2. The average Bonchev–Trinajstić information content (AvgIpc) is 3.82. The zero-order valence-corrected chi connectivity index (χ0v) is 30.1. The molecule has 0 spiro atoms. The van der Waals surface area contributed by atoms with E-state index in [1.54, 1.807) is 30.7 Å². The van der Waals surface area contributed by atoms with Gasteiger partial charge in [0.15, 0.2) is 0 Å². The standard InChI is InChI=1S/C45H26FN5O.Pt/c46-39-21-18-33(40-28-50(29-49-40)45-35(31-10-3-1-4-11-31)14-9-15-36(45)32-12-5-2-6-13-32)25-43(39)52-34-19-20-37-38-24-30(27-47)17-22-41(38)51(42(37)26-34)44-16-7-8-23-48-44;/h1-24,28-29H;/q-2;+2. The van der Waals surface area contributed by atoms with E-state index in [0.717, 1.165) is 44.2 Å². The minimum Gasteiger partial charge on any atom is -0.500 e. The van der Waals surface area contributed by atoms with Crippen LogP contribution in [0.25, 0.3) is 66.8 Å². The Hall–Kier alpha value is -6.61. The van der Waals surface area contributed by atoms with E-state index in [9.17, 15) is 5.26 Å². The summed E-state index contributed by atoms with van der Waals surface area (Å²) >= 11 is 0. The van der Waals surface area contributed by atoms with E-state index in [1.165, 1.54) is 6.07 Å². The van der Waals surface area contributed by atoms with E-state index in [1.807, 2.05) is 88.1 Å². The summed E-state index contributed by atoms with van der Waals surface area (Å²) in [5, 5.41) is 11.3. The molecule has 0 N–H and O–H groups in total. The van der Waals surface area contributed by atoms with Crippen molar-refractivity contribution in [3.05, 3.63) is 182 Å². The zero-order chi connectivity index (χ0) is 35.0. The topological polar surface area (TPSA) is 68.7 Å². The van der Waals surface area contributed by atoms with E-state index < -0.39 is 5.82 Å². The van der Waals surface area contributed by atoms with Crippen LogP contribution in [0.3, 0.4) is 0 Å². The first-order valence-electron chi connectivity index (χ1n) is 16.6. The fourth-order valence-corrected chi connectivity index (χ4v) is 6.67. The summed E-state index contributed by atoms with van der Waals surface area (Å²) in [5.74, 6) is 0.335. The molecule has 0 saturated carbocycles. The number of nitriles is 1. The van der Waals surface area contributed by atoms with Crippen LogP contribution >= 0.6 is 0 Å². The van der Waals surface area contributed by atoms with Gasteiger partial charge in [0.05, 0.1) is 35.2 Å². The van der Waals surface area contributed by atoms with Crippen molar-refractivity contribution >= 4 is 21.8 Å². The van der Waals surface area contributed by atoms with Crippen molar-refractivity contribution in [1.29, 1.82) is 5.26 Å². The molecule has 0 aliphatic carbocycles. The van der Waals surface area contributed by atoms with Crippen LogP contribution < -0.4 is 4.74 Å². The van der Waals surface area contributed by atoms with E-state index >= 15 is 4.39 Å². The molecule has 0 bridgehead atoms. The van der Waals surface area contributed by atoms with Crippen molar-refractivity contribution in [1.82, 2.24) is 19.1 Å². The Balaban J connectivity index is 0.00000400. The molecule has 0 aliphatic rings. The quantitative estimate of drug-likeness (QED) is 0.150. The minimum atomic E-state index is -0.568. The molecule has 0 unspecified atom stereocenters. The van der Waals surface area contributed by atoms with Crippen LogP contribution in [-0.2, 0) is 21.1 Å². The minimum absolute atomic E-state index is 0. The van der Waals surface area contributed by atoms with E-state index in [-0.39, 0.29) is 26.8 Å². The molecule has 3 heterocycles. The Bertz CT molecular complexity index is 2730. The maximum Gasteiger partial charge on any atom is 2.00 e. The molecule has 8 heteroatoms. The van der Waals surface area contributed by atoms with E-state index in [0.29, 0.717) is 33.9 Å². The number of benzene rings is 6. The van der Waals surface area contributed by atoms with Crippen molar-refractivity contribution in [2.24, 2.45) is 0 Å². The maximum absolute atomic E-state index is 15.4. The van der Waals surface area contributed by atoms with Gasteiger partial charge in [0, 0.05) is 34.3 Å². The predicted molar refractivity (Wildman–Crippen MR) is 201 cm³/mol. The Morgan fingerprint density at radius 1 is 0.698 bits per heavy atom. The van der Waals surface area contributed by atoms with Gasteiger partial charge >= 0.3 is 21.1 Å². The molecular weight excluding hydrogens is 841 g/mol. The summed E-state index contributed by atoms with van der Waals surface area (Å²) in [7, 11) is 0. The molecule has 0 amide bonds. The van der Waals surface area contributed by atoms with Crippen molar-refractivity contribution in [3.63, 3.8) is 0 Å². The van der Waals surface area contributed by atoms with Gasteiger partial charge in [0.2, 0.25) is 0 Å². The number of imidazole rings is 1. The molecule has 6 aromatic carbocycles. The molecule has 3 aromatic heterocycles. The molecule has 254 valence electrons. The molecule has 9 aromatic rings. The summed E-state index contributed by atoms with van der Waals surface area (Å²) in [6.07, 6.45) is 5.43. The number of nitrogens with zero attached hydrogens (tertiary/aromatic N) is 5. The number of hydrogen-bond acceptors (Lipinski definition) is 4. The summed E-state index contributed by atoms with van der Waals surface area (Å²) in [5.41, 5.74) is 8.51. The third-order valence-corrected chi connectivity index (χ3v) is 9.05. The first-order chi connectivity index (χ1) is 25.6. The largest absolute Gasteiger partial charge is 2.00 e. The van der Waals surface area contributed by atoms with Crippen LogP contribution in [0, 0.1) is 29.3 Å². The van der Waals surface area contributed by atoms with Gasteiger partial charge in [-0.05, 0) is 53.0 Å². The normalized spacial score (nSPS) is 10.9. The van der Waals surface area contributed by atoms with Gasteiger partial charge in [-0.3, -0.25) is 9.37 Å². The fourth-order valence-electron chi connectivity index (χ4n) is 6.67. The zero-order valence-electron chi connectivity index (χ0n) is 27.8. The number of aromatic nitrogens is 4. The van der Waals surface area contributed by atoms with Crippen molar-refractivity contribution in [2.75, 3.05) is 0 Å². The second-order valence-corrected chi connectivity index (χ2v) is 12.2. The molecular formula is C45H26FN5OPt. The first kappa shape index (κ1) is 33.5. The SMILES string of the molecule is N#Cc1ccc2c(c1)c1ccc(Oc3[c-]c(-c4cn(-c5c(-c6ccccc6)cccc5-c5ccccc5)cn4)ccc3F)[c-]c1n2-c1ccccn1.[Pt+2]. The molecule has 53 heavy (non-hydrogen) atoms. The Labute approximate surface area is 319 Å². The van der Waals surface area contributed by atoms with Gasteiger partial charge in [-0.25, -0.2) is 4.98 Å². The average molecular weight is 867 g/mol. The van der Waals surface area contributed by atoms with Gasteiger partial charge in [0.25, 0.3) is 0 Å². The number of fused-ring (bicyclic) bond motifs is 3. The molecule has 0 aliphatic heterocycles. The molecule has 9 rings (SSSR count). The first-order valence-corrected chi connectivity index (χ1v) is 16.6. The summed E-state index contributed by atoms with van der Waals surface area (Å²) < 4.78 is 25.5. The maximum atomic E-state index is 15.4. The number of hydrogen-bond donors (Lipinski definition) is 0. The van der Waals surface area contributed by atoms with Crippen molar-refractivity contribution < 1.29 is 30.2 Å². The number of rotatable bonds is 7. The van der Waals surface area contributed by atoms with Crippen LogP contribution in [-0.4, -0.2) is 19.1 Å². The monoisotopic (exact) mass is 866 g/mol. The number of para-hydroxylation sites is 1. The van der Waals surface area contributed by atoms with Crippen molar-refractivity contribution in [3.8, 4) is 62.6 Å². The Morgan fingerprint density at radius 2 is 1.43 bits per heavy atom. The molecule has 0 fully saturated rings. The van der Waals surface area contributed by atoms with E-state index in [2.05, 4.69) is 65.7 Å². The van der Waals surface area contributed by atoms with Crippen LogP contribution in [0.1, 0.15) is 5.56 Å². The van der Waals surface area contributed by atoms with Gasteiger partial charge in [-0.15, -0.1) is 35.2 Å².